The first-order valence-corrected chi connectivity index (χ1v) is 3.80. The van der Waals surface area contributed by atoms with Gasteiger partial charge in [0, 0.05) is 9.20 Å². The van der Waals surface area contributed by atoms with Gasteiger partial charge in [-0.15, -0.1) is 0 Å². The van der Waals surface area contributed by atoms with Gasteiger partial charge in [0.15, 0.2) is 5.03 Å². The van der Waals surface area contributed by atoms with Gasteiger partial charge in [0.2, 0.25) is 0 Å². The summed E-state index contributed by atoms with van der Waals surface area (Å²) in [4.78, 5) is 13.6. The Kier molecular flexibility index (Phi) is 3.92. The van der Waals surface area contributed by atoms with Gasteiger partial charge in [-0.1, -0.05) is 5.53 Å². The van der Waals surface area contributed by atoms with Crippen molar-refractivity contribution in [1.29, 1.82) is 0 Å². The van der Waals surface area contributed by atoms with Crippen molar-refractivity contribution < 1.29 is 17.7 Å². The number of hydrogen-bond acceptors (Lipinski definition) is 6. The Labute approximate surface area is 75.0 Å². The van der Waals surface area contributed by atoms with Crippen LogP contribution in [-0.4, -0.2) is 18.7 Å². The Balaban J connectivity index is 4.87. The van der Waals surface area contributed by atoms with Gasteiger partial charge in [0.05, 0.1) is 9.43 Å². The molecule has 0 saturated heterocycles. The minimum atomic E-state index is -4.87. The molecular weight excluding hydrogens is 224 g/mol. The number of hydrogen-bond donors (Lipinski definition) is 0. The number of nitrogens with zero attached hydrogens (tertiary/aromatic N) is 8. The fraction of sp³-hybridized carbons (Fsp3) is 0. The molecule has 0 aromatic carbocycles. The maximum atomic E-state index is 10.4. The second-order valence-corrected chi connectivity index (χ2v) is 2.51. The Morgan fingerprint density at radius 1 is 1.43 bits per heavy atom. The summed E-state index contributed by atoms with van der Waals surface area (Å²) in [6, 6.07) is 0. The predicted molar refractivity (Wildman–Crippen MR) is 37.1 cm³/mol. The van der Waals surface area contributed by atoms with Crippen molar-refractivity contribution >= 4 is 10.3 Å². The molecule has 0 saturated carbocycles. The second kappa shape index (κ2) is 4.68. The average molecular weight is 224 g/mol. The summed E-state index contributed by atoms with van der Waals surface area (Å²) in [5, 5.41) is 9.84. The molecule has 0 N–H and O–H groups in total. The highest BCUT2D eigenvalue weighted by Gasteiger charge is 2.35. The number of azide groups is 2. The minimum Gasteiger partial charge on any atom is -0.319 e. The summed E-state index contributed by atoms with van der Waals surface area (Å²) < 4.78 is 26.4. The van der Waals surface area contributed by atoms with Gasteiger partial charge in [-0.3, -0.25) is 0 Å². The molecule has 0 unspecified atom stereocenters. The summed E-state index contributed by atoms with van der Waals surface area (Å²) in [6.45, 7) is 0. The summed E-state index contributed by atoms with van der Waals surface area (Å²) in [7, 11) is -4.87. The van der Waals surface area contributed by atoms with E-state index in [1.807, 2.05) is 9.82 Å². The maximum absolute atomic E-state index is 10.4. The van der Waals surface area contributed by atoms with Crippen LogP contribution in [-0.2, 0) is 14.6 Å². The largest absolute Gasteiger partial charge is 0.489 e. The molecule has 14 heavy (non-hydrogen) atoms. The average Bonchev–Trinajstić information content (AvgIpc) is 2.02. The summed E-state index contributed by atoms with van der Waals surface area (Å²) >= 11 is 0. The van der Waals surface area contributed by atoms with Gasteiger partial charge >= 0.3 is 20.8 Å². The highest BCUT2D eigenvalue weighted by atomic mass is 32.2. The van der Waals surface area contributed by atoms with Crippen LogP contribution in [0, 0.1) is 10.1 Å². The molecule has 0 rings (SSSR count). The zero-order valence-electron chi connectivity index (χ0n) is 6.03. The van der Waals surface area contributed by atoms with Gasteiger partial charge < -0.3 is 10.1 Å². The van der Waals surface area contributed by atoms with E-state index in [2.05, 4.69) is 14.0 Å². The highest BCUT2D eigenvalue weighted by Crippen LogP contribution is 2.02. The van der Waals surface area contributed by atoms with Gasteiger partial charge in [-0.25, -0.2) is 0 Å². The molecule has 0 aromatic rings. The highest BCUT2D eigenvalue weighted by molar-refractivity contribution is 7.85. The maximum Gasteiger partial charge on any atom is 0.489 e. The fourth-order valence-corrected chi connectivity index (χ4v) is 0.625. The smallest absolute Gasteiger partial charge is 0.319 e. The third-order valence-electron chi connectivity index (χ3n) is 0.554. The van der Waals surface area contributed by atoms with Gasteiger partial charge in [-0.2, -0.15) is 8.42 Å². The van der Waals surface area contributed by atoms with E-state index in [9.17, 15) is 18.5 Å². The van der Waals surface area contributed by atoms with Crippen LogP contribution in [0.3, 0.4) is 0 Å². The first-order valence-electron chi connectivity index (χ1n) is 2.43. The van der Waals surface area contributed by atoms with E-state index in [4.69, 9.17) is 11.1 Å². The van der Waals surface area contributed by atoms with Gasteiger partial charge in [0.25, 0.3) is 0 Å². The molecule has 0 aliphatic heterocycles. The van der Waals surface area contributed by atoms with Crippen molar-refractivity contribution in [3.8, 4) is 0 Å². The molecule has 0 aliphatic rings. The van der Waals surface area contributed by atoms with Crippen molar-refractivity contribution in [2.75, 3.05) is 0 Å². The molecule has 0 atom stereocenters. The molecule has 0 amide bonds. The number of rotatable bonds is 5. The standard InChI is InChI=1S/N8O5S/c1-3-5-7(8(9)10)13-14(11,12)6-4-2. The molecule has 76 valence electrons. The summed E-state index contributed by atoms with van der Waals surface area (Å²) in [5.74, 6) is 0. The van der Waals surface area contributed by atoms with Crippen LogP contribution in [0.15, 0.2) is 9.74 Å². The van der Waals surface area contributed by atoms with Crippen molar-refractivity contribution in [1.82, 2.24) is 5.28 Å². The van der Waals surface area contributed by atoms with Crippen LogP contribution in [0.5, 0.6) is 0 Å². The Hall–Kier alpha value is -2.27. The zero-order chi connectivity index (χ0) is 11.2. The third-order valence-corrected chi connectivity index (χ3v) is 1.15. The fourth-order valence-electron chi connectivity index (χ4n) is 0.253. The van der Waals surface area contributed by atoms with Crippen LogP contribution in [0.2, 0.25) is 0 Å². The van der Waals surface area contributed by atoms with Crippen LogP contribution < -0.4 is 0 Å². The first-order chi connectivity index (χ1) is 6.43. The van der Waals surface area contributed by atoms with Crippen LogP contribution in [0.25, 0.3) is 20.9 Å². The van der Waals surface area contributed by atoms with E-state index in [0.29, 0.717) is 0 Å². The minimum absolute atomic E-state index is 0.815. The lowest BCUT2D eigenvalue weighted by molar-refractivity contribution is -0.720. The quantitative estimate of drug-likeness (QED) is 0.210. The van der Waals surface area contributed by atoms with E-state index < -0.39 is 20.6 Å². The lowest BCUT2D eigenvalue weighted by Crippen LogP contribution is -2.26. The van der Waals surface area contributed by atoms with E-state index in [-0.39, 0.29) is 0 Å². The monoisotopic (exact) mass is 224 g/mol. The Morgan fingerprint density at radius 2 is 2.00 bits per heavy atom. The van der Waals surface area contributed by atoms with E-state index in [1.54, 1.807) is 0 Å². The summed E-state index contributed by atoms with van der Waals surface area (Å²) in [5.41, 5.74) is 15.4. The molecule has 14 heteroatoms. The SMILES string of the molecule is [N-]=[N+]=NN(OS(=O)(=O)N=[N+]=[N-])[N+](=O)[O-]. The molecule has 0 bridgehead atoms. The Morgan fingerprint density at radius 3 is 2.36 bits per heavy atom. The summed E-state index contributed by atoms with van der Waals surface area (Å²) in [6.07, 6.45) is 0. The third kappa shape index (κ3) is 3.93. The molecule has 0 fully saturated rings. The number of nitro groups is 1. The molecule has 13 nitrogen and oxygen atoms in total. The van der Waals surface area contributed by atoms with E-state index >= 15 is 0 Å². The predicted octanol–water partition coefficient (Wildman–Crippen LogP) is 0.192. The topological polar surface area (TPSA) is 187 Å². The first kappa shape index (κ1) is 11.7. The molecule has 0 radical (unpaired) electrons. The molecule has 0 aromatic heterocycles. The zero-order valence-corrected chi connectivity index (χ0v) is 6.84. The molecular formula is N8O5S. The Bertz CT molecular complexity index is 405. The van der Waals surface area contributed by atoms with E-state index in [0.717, 1.165) is 0 Å². The second-order valence-electron chi connectivity index (χ2n) is 1.34. The van der Waals surface area contributed by atoms with Crippen molar-refractivity contribution in [3.63, 3.8) is 0 Å². The molecule has 0 spiro atoms. The van der Waals surface area contributed by atoms with Gasteiger partial charge in [0.1, 0.15) is 0 Å². The van der Waals surface area contributed by atoms with Crippen LogP contribution in [0.4, 0.5) is 0 Å². The van der Waals surface area contributed by atoms with E-state index in [1.165, 1.54) is 0 Å². The lowest BCUT2D eigenvalue weighted by Gasteiger charge is -1.91. The lowest BCUT2D eigenvalue weighted by atomic mass is 12.3. The molecule has 0 heterocycles. The molecule has 0 aliphatic carbocycles. The van der Waals surface area contributed by atoms with Crippen molar-refractivity contribution in [3.05, 3.63) is 31.0 Å². The van der Waals surface area contributed by atoms with Crippen molar-refractivity contribution in [2.45, 2.75) is 0 Å². The number of hydrazine groups is 1. The van der Waals surface area contributed by atoms with Gasteiger partial charge in [-0.05, 0) is 5.53 Å². The normalized spacial score (nSPS) is 9.43. The van der Waals surface area contributed by atoms with Crippen LogP contribution >= 0.6 is 0 Å². The van der Waals surface area contributed by atoms with Crippen LogP contribution in [0.1, 0.15) is 0 Å². The van der Waals surface area contributed by atoms with Crippen molar-refractivity contribution in [2.24, 2.45) is 9.74 Å².